The van der Waals surface area contributed by atoms with Gasteiger partial charge in [-0.15, -0.1) is 0 Å². The molecule has 7 nitrogen and oxygen atoms in total. The largest absolute Gasteiger partial charge is 0.385 e. The molecule has 1 N–H and O–H groups in total. The molecule has 0 saturated heterocycles. The van der Waals surface area contributed by atoms with Gasteiger partial charge in [-0.25, -0.2) is 0 Å². The van der Waals surface area contributed by atoms with Gasteiger partial charge in [0.15, 0.2) is 0 Å². The Morgan fingerprint density at radius 3 is 2.84 bits per heavy atom. The number of hydrogen-bond donors (Lipinski definition) is 1. The van der Waals surface area contributed by atoms with Crippen LogP contribution in [0.1, 0.15) is 25.0 Å². The first kappa shape index (κ1) is 16.9. The first-order valence-corrected chi connectivity index (χ1v) is 8.38. The van der Waals surface area contributed by atoms with Crippen molar-refractivity contribution < 1.29 is 9.72 Å². The summed E-state index contributed by atoms with van der Waals surface area (Å²) in [6.45, 7) is 1.38. The highest BCUT2D eigenvalue weighted by molar-refractivity contribution is 5.94. The number of nitro groups is 1. The third kappa shape index (κ3) is 4.12. The number of nitrogens with zero attached hydrogens (tertiary/aromatic N) is 3. The number of benzene rings is 1. The zero-order valence-corrected chi connectivity index (χ0v) is 13.9. The number of non-ortho nitro benzene ring substituents is 1. The van der Waals surface area contributed by atoms with Gasteiger partial charge >= 0.3 is 0 Å². The quantitative estimate of drug-likeness (QED) is 0.496. The maximum Gasteiger partial charge on any atom is 0.269 e. The summed E-state index contributed by atoms with van der Waals surface area (Å²) < 4.78 is 0. The molecule has 1 aromatic carbocycles. The van der Waals surface area contributed by atoms with Crippen LogP contribution in [0.2, 0.25) is 0 Å². The highest BCUT2D eigenvalue weighted by atomic mass is 16.6. The second-order valence-corrected chi connectivity index (χ2v) is 5.95. The monoisotopic (exact) mass is 340 g/mol. The third-order valence-corrected chi connectivity index (χ3v) is 4.23. The molecule has 0 unspecified atom stereocenters. The lowest BCUT2D eigenvalue weighted by atomic mass is 10.1. The molecule has 2 aromatic rings. The van der Waals surface area contributed by atoms with Crippen molar-refractivity contribution in [2.45, 2.75) is 25.7 Å². The number of anilines is 2. The molecule has 0 radical (unpaired) electrons. The van der Waals surface area contributed by atoms with Crippen molar-refractivity contribution in [3.05, 3.63) is 58.4 Å². The molecule has 1 amide bonds. The topological polar surface area (TPSA) is 88.4 Å². The van der Waals surface area contributed by atoms with Crippen molar-refractivity contribution in [2.75, 3.05) is 23.3 Å². The number of aryl methyl sites for hydroxylation is 1. The van der Waals surface area contributed by atoms with Crippen LogP contribution in [0, 0.1) is 10.1 Å². The van der Waals surface area contributed by atoms with E-state index in [4.69, 9.17) is 0 Å². The van der Waals surface area contributed by atoms with E-state index in [2.05, 4.69) is 10.3 Å². The van der Waals surface area contributed by atoms with Crippen molar-refractivity contribution in [3.8, 4) is 0 Å². The first-order valence-electron chi connectivity index (χ1n) is 8.38. The zero-order valence-electron chi connectivity index (χ0n) is 13.9. The summed E-state index contributed by atoms with van der Waals surface area (Å²) in [5.41, 5.74) is 2.80. The summed E-state index contributed by atoms with van der Waals surface area (Å²) in [6, 6.07) is 10.1. The molecule has 7 heteroatoms. The van der Waals surface area contributed by atoms with Crippen LogP contribution >= 0.6 is 0 Å². The van der Waals surface area contributed by atoms with E-state index in [0.717, 1.165) is 36.5 Å². The average Bonchev–Trinajstić information content (AvgIpc) is 2.65. The number of fused-ring (bicyclic) bond motifs is 1. The summed E-state index contributed by atoms with van der Waals surface area (Å²) >= 11 is 0. The summed E-state index contributed by atoms with van der Waals surface area (Å²) in [6.07, 6.45) is 4.77. The summed E-state index contributed by atoms with van der Waals surface area (Å²) in [4.78, 5) is 28.9. The molecule has 0 aliphatic carbocycles. The van der Waals surface area contributed by atoms with Gasteiger partial charge in [-0.3, -0.25) is 19.9 Å². The highest BCUT2D eigenvalue weighted by Crippen LogP contribution is 2.25. The van der Waals surface area contributed by atoms with Gasteiger partial charge in [-0.2, -0.15) is 0 Å². The zero-order chi connectivity index (χ0) is 17.6. The number of rotatable bonds is 6. The van der Waals surface area contributed by atoms with Gasteiger partial charge in [-0.05, 0) is 43.5 Å². The van der Waals surface area contributed by atoms with Crippen LogP contribution in [0.4, 0.5) is 17.1 Å². The maximum atomic E-state index is 12.5. The lowest BCUT2D eigenvalue weighted by molar-refractivity contribution is -0.384. The smallest absolute Gasteiger partial charge is 0.269 e. The Labute approximate surface area is 145 Å². The van der Waals surface area contributed by atoms with Crippen LogP contribution < -0.4 is 10.2 Å². The summed E-state index contributed by atoms with van der Waals surface area (Å²) in [5, 5.41) is 13.8. The van der Waals surface area contributed by atoms with Crippen LogP contribution in [0.15, 0.2) is 42.6 Å². The van der Waals surface area contributed by atoms with Crippen molar-refractivity contribution in [1.29, 1.82) is 0 Å². The van der Waals surface area contributed by atoms with E-state index in [1.54, 1.807) is 18.3 Å². The number of hydrogen-bond acceptors (Lipinski definition) is 5. The lowest BCUT2D eigenvalue weighted by Gasteiger charge is -2.28. The van der Waals surface area contributed by atoms with E-state index in [0.29, 0.717) is 19.4 Å². The van der Waals surface area contributed by atoms with Gasteiger partial charge in [0, 0.05) is 43.5 Å². The number of pyridine rings is 1. The second kappa shape index (κ2) is 7.74. The van der Waals surface area contributed by atoms with Crippen molar-refractivity contribution in [1.82, 2.24) is 4.98 Å². The van der Waals surface area contributed by atoms with Crippen LogP contribution in [-0.4, -0.2) is 28.9 Å². The predicted molar refractivity (Wildman–Crippen MR) is 95.7 cm³/mol. The lowest BCUT2D eigenvalue weighted by Crippen LogP contribution is -2.35. The molecule has 0 saturated carbocycles. The molecule has 25 heavy (non-hydrogen) atoms. The van der Waals surface area contributed by atoms with Gasteiger partial charge in [0.2, 0.25) is 5.91 Å². The van der Waals surface area contributed by atoms with E-state index in [1.807, 2.05) is 17.0 Å². The molecular weight excluding hydrogens is 320 g/mol. The molecular formula is C18H20N4O3. The highest BCUT2D eigenvalue weighted by Gasteiger charge is 2.22. The normalized spacial score (nSPS) is 13.2. The Morgan fingerprint density at radius 1 is 1.28 bits per heavy atom. The second-order valence-electron chi connectivity index (χ2n) is 5.95. The molecule has 0 atom stereocenters. The third-order valence-electron chi connectivity index (χ3n) is 4.23. The minimum absolute atomic E-state index is 0.0677. The van der Waals surface area contributed by atoms with Crippen LogP contribution in [0.5, 0.6) is 0 Å². The average molecular weight is 340 g/mol. The predicted octanol–water partition coefficient (Wildman–Crippen LogP) is 3.16. The first-order chi connectivity index (χ1) is 12.1. The molecule has 130 valence electrons. The van der Waals surface area contributed by atoms with Crippen LogP contribution in [-0.2, 0) is 11.2 Å². The van der Waals surface area contributed by atoms with E-state index >= 15 is 0 Å². The van der Waals surface area contributed by atoms with E-state index in [-0.39, 0.29) is 11.6 Å². The van der Waals surface area contributed by atoms with Crippen LogP contribution in [0.25, 0.3) is 0 Å². The molecule has 3 rings (SSSR count). The molecule has 1 aliphatic heterocycles. The molecule has 2 heterocycles. The fourth-order valence-electron chi connectivity index (χ4n) is 2.96. The minimum atomic E-state index is -0.423. The maximum absolute atomic E-state index is 12.5. The summed E-state index contributed by atoms with van der Waals surface area (Å²) in [5.74, 6) is 0.111. The Bertz CT molecular complexity index is 761. The number of nitrogens with one attached hydrogen (secondary N) is 1. The Balaban J connectivity index is 1.48. The van der Waals surface area contributed by atoms with Crippen LogP contribution in [0.3, 0.4) is 0 Å². The van der Waals surface area contributed by atoms with Gasteiger partial charge in [-0.1, -0.05) is 0 Å². The fourth-order valence-corrected chi connectivity index (χ4v) is 2.96. The minimum Gasteiger partial charge on any atom is -0.385 e. The fraction of sp³-hybridized carbons (Fsp3) is 0.333. The van der Waals surface area contributed by atoms with E-state index in [9.17, 15) is 14.9 Å². The van der Waals surface area contributed by atoms with Gasteiger partial charge in [0.1, 0.15) is 0 Å². The van der Waals surface area contributed by atoms with Crippen molar-refractivity contribution >= 4 is 23.0 Å². The number of carbonyl (C=O) groups excluding carboxylic acids is 1. The Morgan fingerprint density at radius 2 is 2.08 bits per heavy atom. The van der Waals surface area contributed by atoms with Crippen molar-refractivity contribution in [2.24, 2.45) is 0 Å². The van der Waals surface area contributed by atoms with E-state index < -0.39 is 4.92 Å². The molecule has 0 spiro atoms. The molecule has 0 fully saturated rings. The number of aromatic nitrogens is 1. The number of nitro benzene ring substituents is 1. The molecule has 1 aliphatic rings. The molecule has 0 bridgehead atoms. The van der Waals surface area contributed by atoms with Crippen molar-refractivity contribution in [3.63, 3.8) is 0 Å². The number of amides is 1. The van der Waals surface area contributed by atoms with E-state index in [1.165, 1.54) is 12.1 Å². The Hall–Kier alpha value is -2.96. The SMILES string of the molecule is O=C(CCCNc1ccc([N+](=O)[O-])cc1)N1CCCc2ncccc21. The summed E-state index contributed by atoms with van der Waals surface area (Å²) in [7, 11) is 0. The number of carbonyl (C=O) groups is 1. The van der Waals surface area contributed by atoms with Gasteiger partial charge in [0.25, 0.3) is 5.69 Å². The molecule has 1 aromatic heterocycles. The Kier molecular flexibility index (Phi) is 5.23. The van der Waals surface area contributed by atoms with Gasteiger partial charge in [0.05, 0.1) is 16.3 Å². The standard InChI is InChI=1S/C18H20N4O3/c23-18(21-13-3-4-16-17(21)5-1-12-20-16)6-2-11-19-14-7-9-15(10-8-14)22(24)25/h1,5,7-10,12,19H,2-4,6,11,13H2. The van der Waals surface area contributed by atoms with Gasteiger partial charge < -0.3 is 10.2 Å².